The molecule has 1 saturated heterocycles. The third-order valence-corrected chi connectivity index (χ3v) is 12.6. The fraction of sp³-hybridized carbons (Fsp3) is 0.538. The maximum atomic E-state index is 13.8. The molecule has 8 nitrogen and oxygen atoms in total. The number of carbonyl (C=O) groups is 3. The van der Waals surface area contributed by atoms with Crippen molar-refractivity contribution in [3.8, 4) is 0 Å². The minimum absolute atomic E-state index is 0.0614. The number of aliphatic carboxylic acids is 1. The Morgan fingerprint density at radius 1 is 1.24 bits per heavy atom. The predicted molar refractivity (Wildman–Crippen MR) is 144 cm³/mol. The van der Waals surface area contributed by atoms with Crippen LogP contribution < -0.4 is 3.80 Å². The Balaban J connectivity index is 1.46. The van der Waals surface area contributed by atoms with Gasteiger partial charge >= 0.3 is 234 Å². The topological polar surface area (TPSA) is 100 Å². The second-order valence-electron chi connectivity index (χ2n) is 10.9. The van der Waals surface area contributed by atoms with Crippen LogP contribution in [0, 0.1) is 5.41 Å². The van der Waals surface area contributed by atoms with Crippen molar-refractivity contribution < 1.29 is 24.2 Å². The van der Waals surface area contributed by atoms with Crippen LogP contribution in [0.5, 0.6) is 0 Å². The summed E-state index contributed by atoms with van der Waals surface area (Å²) in [5.41, 5.74) is 1.49. The number of benzene rings is 1. The number of carboxylic acids is 1. The van der Waals surface area contributed by atoms with Crippen molar-refractivity contribution in [1.82, 2.24) is 14.8 Å². The van der Waals surface area contributed by atoms with Gasteiger partial charge in [-0.25, -0.2) is 0 Å². The summed E-state index contributed by atoms with van der Waals surface area (Å²) in [6.45, 7) is 11.0. The third-order valence-electron chi connectivity index (χ3n) is 6.66. The van der Waals surface area contributed by atoms with Gasteiger partial charge in [-0.3, -0.25) is 0 Å². The number of hydrogen-bond acceptors (Lipinski definition) is 6. The van der Waals surface area contributed by atoms with E-state index in [2.05, 4.69) is 18.8 Å². The predicted octanol–water partition coefficient (Wildman–Crippen LogP) is 4.29. The monoisotopic (exact) mass is 608 g/mol. The molecular weight excluding hydrogens is 577 g/mol. The van der Waals surface area contributed by atoms with Crippen molar-refractivity contribution in [2.24, 2.45) is 5.41 Å². The van der Waals surface area contributed by atoms with E-state index in [1.807, 2.05) is 39.1 Å². The molecule has 11 heteroatoms. The fourth-order valence-corrected chi connectivity index (χ4v) is 9.16. The van der Waals surface area contributed by atoms with Gasteiger partial charge in [-0.05, 0) is 0 Å². The van der Waals surface area contributed by atoms with Gasteiger partial charge in [0, 0.05) is 0 Å². The van der Waals surface area contributed by atoms with E-state index < -0.39 is 40.0 Å². The summed E-state index contributed by atoms with van der Waals surface area (Å²) in [7, 11) is 0. The molecule has 3 atom stereocenters. The molecule has 1 aromatic carbocycles. The first-order valence-corrected chi connectivity index (χ1v) is 15.5. The van der Waals surface area contributed by atoms with Crippen molar-refractivity contribution in [3.05, 3.63) is 45.4 Å². The van der Waals surface area contributed by atoms with Crippen LogP contribution in [0.2, 0.25) is 9.73 Å². The molecule has 0 spiro atoms. The zero-order valence-electron chi connectivity index (χ0n) is 21.6. The molecule has 1 fully saturated rings. The molecular formula is C26H32AsClN3O5S. The van der Waals surface area contributed by atoms with Crippen LogP contribution in [-0.4, -0.2) is 72.3 Å². The Morgan fingerprint density at radius 2 is 1.97 bits per heavy atom. The summed E-state index contributed by atoms with van der Waals surface area (Å²) in [5.74, 6) is -0.936. The molecule has 199 valence electrons. The number of rotatable bonds is 6. The molecule has 4 rings (SSSR count). The van der Waals surface area contributed by atoms with E-state index >= 15 is 0 Å². The van der Waals surface area contributed by atoms with E-state index in [0.717, 1.165) is 14.9 Å². The summed E-state index contributed by atoms with van der Waals surface area (Å²) in [4.78, 5) is 47.6. The number of halogens is 1. The molecule has 1 radical (unpaired) electrons. The number of nitrogens with zero attached hydrogens (tertiary/aromatic N) is 3. The molecule has 3 heterocycles. The zero-order valence-corrected chi connectivity index (χ0v) is 25.1. The van der Waals surface area contributed by atoms with Gasteiger partial charge in [-0.2, -0.15) is 0 Å². The second kappa shape index (κ2) is 11.0. The van der Waals surface area contributed by atoms with Gasteiger partial charge in [0.2, 0.25) is 0 Å². The molecule has 0 saturated carbocycles. The molecule has 2 aliphatic heterocycles. The van der Waals surface area contributed by atoms with Gasteiger partial charge in [-0.15, -0.1) is 0 Å². The summed E-state index contributed by atoms with van der Waals surface area (Å²) in [6, 6.07) is 4.52. The van der Waals surface area contributed by atoms with E-state index in [4.69, 9.17) is 16.3 Å². The maximum absolute atomic E-state index is 13.8. The van der Waals surface area contributed by atoms with Gasteiger partial charge < -0.3 is 0 Å². The zero-order chi connectivity index (χ0) is 27.1. The van der Waals surface area contributed by atoms with Gasteiger partial charge in [0.25, 0.3) is 0 Å². The van der Waals surface area contributed by atoms with Crippen molar-refractivity contribution >= 4 is 60.5 Å². The fourth-order valence-electron chi connectivity index (χ4n) is 4.58. The Kier molecular flexibility index (Phi) is 8.27. The van der Waals surface area contributed by atoms with E-state index in [0.29, 0.717) is 24.0 Å². The number of ether oxygens (including phenoxy) is 1. The van der Waals surface area contributed by atoms with Crippen molar-refractivity contribution in [1.29, 1.82) is 0 Å². The molecule has 37 heavy (non-hydrogen) atoms. The average molecular weight is 609 g/mol. The standard InChI is InChI=1S/C26H32AsClN3O5S/c1-14(2)20-10-29-24(37-20)27-21(26(3,4)5)22(32)31-12-16(9-19(31)23(33)34)36-25(35)30-11-15-7-6-8-18(28)17(15)13-30/h6-8,10,14,16,19,21H,9,11-13H2,1-5H3,(H,33,34)/t16-,19+,21?/m1/s1. The van der Waals surface area contributed by atoms with E-state index in [9.17, 15) is 19.5 Å². The Hall–Kier alpha value is -2.09. The van der Waals surface area contributed by atoms with Crippen LogP contribution in [0.1, 0.15) is 63.0 Å². The Labute approximate surface area is 233 Å². The molecule has 2 aromatic rings. The number of fused-ring (bicyclic) bond motifs is 1. The van der Waals surface area contributed by atoms with Crippen LogP contribution in [0.25, 0.3) is 0 Å². The van der Waals surface area contributed by atoms with Gasteiger partial charge in [-0.1, -0.05) is 0 Å². The Bertz CT molecular complexity index is 1200. The van der Waals surface area contributed by atoms with Crippen LogP contribution in [-0.2, 0) is 27.4 Å². The molecule has 1 N–H and O–H groups in total. The van der Waals surface area contributed by atoms with Gasteiger partial charge in [0.1, 0.15) is 0 Å². The van der Waals surface area contributed by atoms with Gasteiger partial charge in [0.05, 0.1) is 0 Å². The van der Waals surface area contributed by atoms with Crippen LogP contribution in [0.4, 0.5) is 4.79 Å². The summed E-state index contributed by atoms with van der Waals surface area (Å²) >= 11 is 7.28. The number of amides is 2. The van der Waals surface area contributed by atoms with Crippen LogP contribution in [0.3, 0.4) is 0 Å². The average Bonchev–Trinajstić information content (AvgIpc) is 3.54. The normalized spacial score (nSPS) is 20.6. The SMILES string of the molecule is CC(C)c1cnc([As]C(C(=O)N2C[C@H](OC(=O)N3Cc4cccc(Cl)c4C3)C[C@H]2C(=O)O)C(C)(C)C)s1. The first-order valence-electron chi connectivity index (χ1n) is 12.3. The van der Waals surface area contributed by atoms with E-state index in [1.165, 1.54) is 9.78 Å². The quantitative estimate of drug-likeness (QED) is 0.491. The molecule has 0 aliphatic carbocycles. The summed E-state index contributed by atoms with van der Waals surface area (Å²) in [5, 5.41) is 10.5. The number of hydrogen-bond donors (Lipinski definition) is 1. The summed E-state index contributed by atoms with van der Waals surface area (Å²) < 4.78 is 6.30. The first-order chi connectivity index (χ1) is 17.3. The number of carboxylic acid groups (broad SMARTS) is 1. The van der Waals surface area contributed by atoms with Gasteiger partial charge in [0.15, 0.2) is 0 Å². The Morgan fingerprint density at radius 3 is 2.57 bits per heavy atom. The molecule has 1 aromatic heterocycles. The number of likely N-dealkylation sites (tertiary alicyclic amines) is 1. The number of thiazole rings is 1. The van der Waals surface area contributed by atoms with Crippen molar-refractivity contribution in [2.75, 3.05) is 6.54 Å². The van der Waals surface area contributed by atoms with Crippen molar-refractivity contribution in [3.63, 3.8) is 0 Å². The van der Waals surface area contributed by atoms with Crippen LogP contribution >= 0.6 is 22.9 Å². The molecule has 1 unspecified atom stereocenters. The number of aromatic nitrogens is 1. The second-order valence-corrected chi connectivity index (χ2v) is 15.6. The number of carbonyl (C=O) groups excluding carboxylic acids is 2. The molecule has 0 bridgehead atoms. The van der Waals surface area contributed by atoms with E-state index in [1.54, 1.807) is 22.3 Å². The van der Waals surface area contributed by atoms with Crippen molar-refractivity contribution in [2.45, 2.75) is 76.9 Å². The molecule has 2 amide bonds. The summed E-state index contributed by atoms with van der Waals surface area (Å²) in [6.07, 6.45) is 0.718. The van der Waals surface area contributed by atoms with Crippen LogP contribution in [0.15, 0.2) is 24.4 Å². The first kappa shape index (κ1) is 27.9. The minimum atomic E-state index is -1.09. The van der Waals surface area contributed by atoms with E-state index in [-0.39, 0.29) is 29.0 Å². The third kappa shape index (κ3) is 6.15. The molecule has 2 aliphatic rings.